The summed E-state index contributed by atoms with van der Waals surface area (Å²) in [5, 5.41) is 3.02. The van der Waals surface area contributed by atoms with Gasteiger partial charge < -0.3 is 5.32 Å². The van der Waals surface area contributed by atoms with Crippen molar-refractivity contribution in [3.8, 4) is 0 Å². The van der Waals surface area contributed by atoms with Gasteiger partial charge in [-0.3, -0.25) is 4.90 Å². The summed E-state index contributed by atoms with van der Waals surface area (Å²) in [6.07, 6.45) is 0.270. The Hall–Kier alpha value is 0.0700. The van der Waals surface area contributed by atoms with Crippen LogP contribution in [0.2, 0.25) is 0 Å². The van der Waals surface area contributed by atoms with Crippen LogP contribution in [0, 0.1) is 5.92 Å². The summed E-state index contributed by atoms with van der Waals surface area (Å²) in [4.78, 5) is 1.96. The minimum atomic E-state index is -2.20. The molecule has 1 atom stereocenters. The van der Waals surface area contributed by atoms with Crippen LogP contribution < -0.4 is 5.32 Å². The van der Waals surface area contributed by atoms with E-state index >= 15 is 0 Å². The first kappa shape index (κ1) is 12.1. The maximum Gasteiger partial charge on any atom is 0.255 e. The van der Waals surface area contributed by atoms with Gasteiger partial charge in [0.05, 0.1) is 6.04 Å². The van der Waals surface area contributed by atoms with Crippen LogP contribution in [0.1, 0.15) is 12.8 Å². The average molecular weight is 227 g/mol. The van der Waals surface area contributed by atoms with Gasteiger partial charge in [0.15, 0.2) is 0 Å². The van der Waals surface area contributed by atoms with Crippen LogP contribution >= 0.6 is 12.4 Å². The predicted octanol–water partition coefficient (Wildman–Crippen LogP) is 1.36. The zero-order valence-corrected chi connectivity index (χ0v) is 8.90. The molecule has 0 aromatic carbocycles. The number of hydrogen-bond donors (Lipinski definition) is 1. The molecule has 0 amide bonds. The van der Waals surface area contributed by atoms with E-state index in [1.165, 1.54) is 12.8 Å². The molecule has 1 aliphatic heterocycles. The lowest BCUT2D eigenvalue weighted by Gasteiger charge is -2.35. The molecule has 1 saturated carbocycles. The molecule has 1 unspecified atom stereocenters. The molecule has 0 aromatic rings. The quantitative estimate of drug-likeness (QED) is 0.782. The number of halogens is 3. The third kappa shape index (κ3) is 3.04. The fourth-order valence-corrected chi connectivity index (χ4v) is 1.87. The molecule has 2 rings (SSSR count). The Morgan fingerprint density at radius 2 is 2.07 bits per heavy atom. The number of nitrogens with one attached hydrogen (secondary N) is 1. The lowest BCUT2D eigenvalue weighted by Crippen LogP contribution is -2.54. The molecule has 2 nitrogen and oxygen atoms in total. The lowest BCUT2D eigenvalue weighted by atomic mass is 10.2. The highest BCUT2D eigenvalue weighted by molar-refractivity contribution is 5.85. The summed E-state index contributed by atoms with van der Waals surface area (Å²) in [6, 6.07) is -0.547. The highest BCUT2D eigenvalue weighted by Crippen LogP contribution is 2.31. The Morgan fingerprint density at radius 1 is 1.36 bits per heavy atom. The van der Waals surface area contributed by atoms with E-state index in [9.17, 15) is 8.78 Å². The fourth-order valence-electron chi connectivity index (χ4n) is 1.87. The van der Waals surface area contributed by atoms with E-state index in [4.69, 9.17) is 0 Å². The smallest absolute Gasteiger partial charge is 0.255 e. The monoisotopic (exact) mass is 226 g/mol. The molecule has 1 N–H and O–H groups in total. The van der Waals surface area contributed by atoms with Gasteiger partial charge >= 0.3 is 0 Å². The van der Waals surface area contributed by atoms with E-state index in [1.54, 1.807) is 0 Å². The topological polar surface area (TPSA) is 15.3 Å². The first-order valence-corrected chi connectivity index (χ1v) is 5.00. The van der Waals surface area contributed by atoms with Gasteiger partial charge in [0, 0.05) is 26.2 Å². The van der Waals surface area contributed by atoms with E-state index in [0.29, 0.717) is 12.5 Å². The van der Waals surface area contributed by atoms with E-state index in [1.807, 2.05) is 4.90 Å². The largest absolute Gasteiger partial charge is 0.314 e. The van der Waals surface area contributed by atoms with Crippen molar-refractivity contribution >= 4 is 12.4 Å². The van der Waals surface area contributed by atoms with Gasteiger partial charge in [0.2, 0.25) is 0 Å². The zero-order valence-electron chi connectivity index (χ0n) is 8.09. The number of piperazine rings is 1. The van der Waals surface area contributed by atoms with E-state index in [-0.39, 0.29) is 12.4 Å². The molecule has 0 radical (unpaired) electrons. The van der Waals surface area contributed by atoms with Crippen LogP contribution in [0.3, 0.4) is 0 Å². The van der Waals surface area contributed by atoms with Crippen LogP contribution in [0.4, 0.5) is 8.78 Å². The standard InChI is InChI=1S/C9H16F2N2.ClH/c10-9(11)8-5-12-3-4-13(8)6-7-1-2-7;/h7-9,12H,1-6H2;1H. The molecule has 84 valence electrons. The molecular formula is C9H17ClF2N2. The maximum absolute atomic E-state index is 12.6. The van der Waals surface area contributed by atoms with Gasteiger partial charge in [-0.15, -0.1) is 12.4 Å². The van der Waals surface area contributed by atoms with Crippen molar-refractivity contribution in [1.82, 2.24) is 10.2 Å². The molecule has 1 heterocycles. The highest BCUT2D eigenvalue weighted by Gasteiger charge is 2.33. The average Bonchev–Trinajstić information content (AvgIpc) is 2.89. The number of alkyl halides is 2. The summed E-state index contributed by atoms with van der Waals surface area (Å²) >= 11 is 0. The van der Waals surface area contributed by atoms with Crippen molar-refractivity contribution < 1.29 is 8.78 Å². The molecule has 2 fully saturated rings. The minimum Gasteiger partial charge on any atom is -0.314 e. The van der Waals surface area contributed by atoms with Crippen LogP contribution in [0.25, 0.3) is 0 Å². The van der Waals surface area contributed by atoms with Gasteiger partial charge in [-0.1, -0.05) is 0 Å². The summed E-state index contributed by atoms with van der Waals surface area (Å²) in [6.45, 7) is 2.97. The SMILES string of the molecule is Cl.FC(F)C1CNCCN1CC1CC1. The van der Waals surface area contributed by atoms with Gasteiger partial charge in [-0.05, 0) is 18.8 Å². The molecule has 1 aliphatic carbocycles. The zero-order chi connectivity index (χ0) is 9.26. The van der Waals surface area contributed by atoms with Crippen LogP contribution in [-0.2, 0) is 0 Å². The summed E-state index contributed by atoms with van der Waals surface area (Å²) in [5.41, 5.74) is 0. The molecule has 2 aliphatic rings. The molecule has 5 heteroatoms. The predicted molar refractivity (Wildman–Crippen MR) is 54.2 cm³/mol. The minimum absolute atomic E-state index is 0. The van der Waals surface area contributed by atoms with Crippen molar-refractivity contribution in [3.63, 3.8) is 0 Å². The molecule has 0 spiro atoms. The van der Waals surface area contributed by atoms with E-state index in [2.05, 4.69) is 5.32 Å². The molecule has 1 saturated heterocycles. The van der Waals surface area contributed by atoms with Gasteiger partial charge in [-0.25, -0.2) is 8.78 Å². The first-order valence-electron chi connectivity index (χ1n) is 5.00. The number of nitrogens with zero attached hydrogens (tertiary/aromatic N) is 1. The third-order valence-corrected chi connectivity index (χ3v) is 2.88. The van der Waals surface area contributed by atoms with Gasteiger partial charge in [-0.2, -0.15) is 0 Å². The second-order valence-electron chi connectivity index (χ2n) is 4.04. The number of hydrogen-bond acceptors (Lipinski definition) is 2. The Labute approximate surface area is 89.4 Å². The number of rotatable bonds is 3. The molecule has 0 bridgehead atoms. The van der Waals surface area contributed by atoms with E-state index < -0.39 is 12.5 Å². The van der Waals surface area contributed by atoms with E-state index in [0.717, 1.165) is 19.6 Å². The Balaban J connectivity index is 0.000000980. The van der Waals surface area contributed by atoms with Crippen molar-refractivity contribution in [2.24, 2.45) is 5.92 Å². The van der Waals surface area contributed by atoms with Crippen molar-refractivity contribution in [3.05, 3.63) is 0 Å². The highest BCUT2D eigenvalue weighted by atomic mass is 35.5. The van der Waals surface area contributed by atoms with Crippen molar-refractivity contribution in [2.75, 3.05) is 26.2 Å². The molecule has 14 heavy (non-hydrogen) atoms. The second kappa shape index (κ2) is 5.24. The fraction of sp³-hybridized carbons (Fsp3) is 1.00. The van der Waals surface area contributed by atoms with Crippen LogP contribution in [-0.4, -0.2) is 43.5 Å². The Morgan fingerprint density at radius 3 is 2.64 bits per heavy atom. The lowest BCUT2D eigenvalue weighted by molar-refractivity contribution is 0.0103. The molecular weight excluding hydrogens is 210 g/mol. The van der Waals surface area contributed by atoms with Crippen LogP contribution in [0.5, 0.6) is 0 Å². The maximum atomic E-state index is 12.6. The second-order valence-corrected chi connectivity index (χ2v) is 4.04. The van der Waals surface area contributed by atoms with Gasteiger partial charge in [0.1, 0.15) is 0 Å². The Bertz CT molecular complexity index is 176. The summed E-state index contributed by atoms with van der Waals surface area (Å²) < 4.78 is 25.1. The normalized spacial score (nSPS) is 28.9. The Kier molecular flexibility index (Phi) is 4.54. The van der Waals surface area contributed by atoms with Crippen molar-refractivity contribution in [2.45, 2.75) is 25.3 Å². The molecule has 0 aromatic heterocycles. The third-order valence-electron chi connectivity index (χ3n) is 2.88. The summed E-state index contributed by atoms with van der Waals surface area (Å²) in [5.74, 6) is 0.708. The van der Waals surface area contributed by atoms with Crippen molar-refractivity contribution in [1.29, 1.82) is 0 Å². The first-order chi connectivity index (χ1) is 6.27. The summed E-state index contributed by atoms with van der Waals surface area (Å²) in [7, 11) is 0. The van der Waals surface area contributed by atoms with Crippen LogP contribution in [0.15, 0.2) is 0 Å². The van der Waals surface area contributed by atoms with Gasteiger partial charge in [0.25, 0.3) is 6.43 Å².